The number of hydrogen-bond acceptors (Lipinski definition) is 4. The Balaban J connectivity index is 1.85. The van der Waals surface area contributed by atoms with Crippen molar-refractivity contribution in [2.45, 2.75) is 44.1 Å². The maximum absolute atomic E-state index is 13.1. The van der Waals surface area contributed by atoms with Crippen LogP contribution in [0.4, 0.5) is 13.2 Å². The van der Waals surface area contributed by atoms with E-state index in [9.17, 15) is 22.8 Å². The topological polar surface area (TPSA) is 52.6 Å². The number of carbonyl (C=O) groups excluding carboxylic acids is 2. The number of cyclic esters (lactones) is 2. The molecule has 0 N–H and O–H groups in total. The lowest BCUT2D eigenvalue weighted by molar-refractivity contribution is -0.222. The zero-order valence-corrected chi connectivity index (χ0v) is 13.1. The van der Waals surface area contributed by atoms with Crippen LogP contribution in [0.1, 0.15) is 37.8 Å². The van der Waals surface area contributed by atoms with Gasteiger partial charge in [-0.05, 0) is 30.0 Å². The van der Waals surface area contributed by atoms with Gasteiger partial charge in [0.05, 0.1) is 5.41 Å². The third-order valence-electron chi connectivity index (χ3n) is 4.18. The van der Waals surface area contributed by atoms with Crippen LogP contribution in [0.3, 0.4) is 0 Å². The minimum atomic E-state index is -4.28. The van der Waals surface area contributed by atoms with Gasteiger partial charge in [0.2, 0.25) is 0 Å². The second-order valence-corrected chi connectivity index (χ2v) is 6.44. The molecule has 0 atom stereocenters. The molecular weight excluding hydrogens is 325 g/mol. The number of hydrogen-bond donors (Lipinski definition) is 0. The molecule has 7 heteroatoms. The molecule has 1 heterocycles. The van der Waals surface area contributed by atoms with Crippen molar-refractivity contribution < 1.29 is 32.2 Å². The molecule has 24 heavy (non-hydrogen) atoms. The highest BCUT2D eigenvalue weighted by atomic mass is 19.4. The normalized spacial score (nSPS) is 21.8. The van der Waals surface area contributed by atoms with Crippen LogP contribution in [-0.2, 0) is 24.5 Å². The van der Waals surface area contributed by atoms with Crippen molar-refractivity contribution in [2.24, 2.45) is 0 Å². The van der Waals surface area contributed by atoms with E-state index in [2.05, 4.69) is 0 Å². The molecule has 3 rings (SSSR count). The van der Waals surface area contributed by atoms with E-state index in [0.29, 0.717) is 5.56 Å². The van der Waals surface area contributed by atoms with E-state index in [-0.39, 0.29) is 24.0 Å². The summed E-state index contributed by atoms with van der Waals surface area (Å²) in [6.45, 7) is 2.86. The van der Waals surface area contributed by atoms with E-state index in [1.54, 1.807) is 0 Å². The highest BCUT2D eigenvalue weighted by Gasteiger charge is 2.64. The van der Waals surface area contributed by atoms with Gasteiger partial charge in [0.1, 0.15) is 5.57 Å². The van der Waals surface area contributed by atoms with Crippen LogP contribution in [0.5, 0.6) is 0 Å². The molecule has 0 bridgehead atoms. The predicted octanol–water partition coefficient (Wildman–Crippen LogP) is 3.50. The third kappa shape index (κ3) is 2.79. The summed E-state index contributed by atoms with van der Waals surface area (Å²) in [5.74, 6) is -2.98. The molecule has 1 aromatic rings. The van der Waals surface area contributed by atoms with Gasteiger partial charge in [-0.25, -0.2) is 9.59 Å². The molecule has 0 amide bonds. The van der Waals surface area contributed by atoms with Gasteiger partial charge >= 0.3 is 18.1 Å². The van der Waals surface area contributed by atoms with Crippen LogP contribution >= 0.6 is 0 Å². The Morgan fingerprint density at radius 3 is 1.92 bits per heavy atom. The van der Waals surface area contributed by atoms with Crippen molar-refractivity contribution in [3.63, 3.8) is 0 Å². The van der Waals surface area contributed by atoms with Crippen molar-refractivity contribution in [3.8, 4) is 0 Å². The van der Waals surface area contributed by atoms with E-state index < -0.39 is 29.3 Å². The molecule has 1 saturated carbocycles. The van der Waals surface area contributed by atoms with Crippen LogP contribution in [0.25, 0.3) is 6.08 Å². The smallest absolute Gasteiger partial charge is 0.398 e. The summed E-state index contributed by atoms with van der Waals surface area (Å²) in [6, 6.07) is 5.62. The Morgan fingerprint density at radius 2 is 1.50 bits per heavy atom. The minimum Gasteiger partial charge on any atom is -0.419 e. The monoisotopic (exact) mass is 340 g/mol. The molecule has 1 saturated heterocycles. The third-order valence-corrected chi connectivity index (χ3v) is 4.18. The minimum absolute atomic E-state index is 0.0741. The average molecular weight is 340 g/mol. The van der Waals surface area contributed by atoms with Crippen molar-refractivity contribution >= 4 is 18.0 Å². The van der Waals surface area contributed by atoms with E-state index in [0.717, 1.165) is 0 Å². The van der Waals surface area contributed by atoms with E-state index in [4.69, 9.17) is 9.47 Å². The Labute approximate surface area is 136 Å². The fourth-order valence-electron chi connectivity index (χ4n) is 2.70. The zero-order chi connectivity index (χ0) is 17.8. The molecule has 2 fully saturated rings. The van der Waals surface area contributed by atoms with Gasteiger partial charge in [0, 0.05) is 13.8 Å². The van der Waals surface area contributed by atoms with Gasteiger partial charge in [-0.2, -0.15) is 13.2 Å². The largest absolute Gasteiger partial charge is 0.419 e. The van der Waals surface area contributed by atoms with Gasteiger partial charge in [-0.15, -0.1) is 0 Å². The highest BCUT2D eigenvalue weighted by molar-refractivity contribution is 6.18. The first-order chi connectivity index (χ1) is 11.0. The molecule has 0 unspecified atom stereocenters. The number of alkyl halides is 3. The number of ether oxygens (including phenoxy) is 2. The lowest BCUT2D eigenvalue weighted by atomic mass is 9.94. The van der Waals surface area contributed by atoms with Crippen LogP contribution < -0.4 is 0 Å². The molecule has 0 spiro atoms. The van der Waals surface area contributed by atoms with Crippen LogP contribution in [-0.4, -0.2) is 23.9 Å². The van der Waals surface area contributed by atoms with Gasteiger partial charge < -0.3 is 9.47 Å². The summed E-state index contributed by atoms with van der Waals surface area (Å²) < 4.78 is 49.2. The van der Waals surface area contributed by atoms with Crippen LogP contribution in [0.15, 0.2) is 29.8 Å². The molecule has 0 aromatic heterocycles. The molecule has 0 radical (unpaired) electrons. The Morgan fingerprint density at radius 1 is 1.00 bits per heavy atom. The summed E-state index contributed by atoms with van der Waals surface area (Å²) in [5, 5.41) is 0. The van der Waals surface area contributed by atoms with E-state index >= 15 is 0 Å². The first kappa shape index (κ1) is 16.5. The Bertz CT molecular complexity index is 703. The zero-order valence-electron chi connectivity index (χ0n) is 13.1. The number of halogens is 3. The maximum atomic E-state index is 13.1. The number of rotatable bonds is 2. The Hall–Kier alpha value is -2.31. The molecule has 2 aliphatic rings. The van der Waals surface area contributed by atoms with Crippen molar-refractivity contribution in [3.05, 3.63) is 41.0 Å². The fraction of sp³-hybridized carbons (Fsp3) is 0.412. The first-order valence-electron chi connectivity index (χ1n) is 7.40. The van der Waals surface area contributed by atoms with Crippen LogP contribution in [0, 0.1) is 0 Å². The van der Waals surface area contributed by atoms with Gasteiger partial charge in [0.15, 0.2) is 0 Å². The quantitative estimate of drug-likeness (QED) is 0.470. The van der Waals surface area contributed by atoms with Gasteiger partial charge in [-0.3, -0.25) is 0 Å². The molecule has 128 valence electrons. The van der Waals surface area contributed by atoms with E-state index in [1.807, 2.05) is 0 Å². The fourth-order valence-corrected chi connectivity index (χ4v) is 2.70. The molecule has 1 aliphatic carbocycles. The van der Waals surface area contributed by atoms with E-state index in [1.165, 1.54) is 44.2 Å². The van der Waals surface area contributed by atoms with Crippen LogP contribution in [0.2, 0.25) is 0 Å². The molecule has 1 aliphatic heterocycles. The first-order valence-corrected chi connectivity index (χ1v) is 7.40. The summed E-state index contributed by atoms with van der Waals surface area (Å²) in [4.78, 5) is 23.7. The summed E-state index contributed by atoms with van der Waals surface area (Å²) in [5.41, 5.74) is -1.45. The molecule has 4 nitrogen and oxygen atoms in total. The second kappa shape index (κ2) is 5.09. The summed E-state index contributed by atoms with van der Waals surface area (Å²) in [7, 11) is 0. The lowest BCUT2D eigenvalue weighted by Gasteiger charge is -2.29. The van der Waals surface area contributed by atoms with Gasteiger partial charge in [-0.1, -0.05) is 24.3 Å². The maximum Gasteiger partial charge on any atom is 0.398 e. The van der Waals surface area contributed by atoms with Gasteiger partial charge in [0.25, 0.3) is 5.79 Å². The van der Waals surface area contributed by atoms with Crippen molar-refractivity contribution in [1.82, 2.24) is 0 Å². The summed E-state index contributed by atoms with van der Waals surface area (Å²) >= 11 is 0. The lowest BCUT2D eigenvalue weighted by Crippen LogP contribution is -2.41. The number of benzene rings is 1. The average Bonchev–Trinajstić information content (AvgIpc) is 3.23. The number of esters is 2. The standard InChI is InChI=1S/C17H15F3O4/c1-15(2)23-13(21)12(14(22)24-15)9-10-3-5-11(6-4-10)16(7-8-16)17(18,19)20/h3-6,9H,7-8H2,1-2H3. The predicted molar refractivity (Wildman–Crippen MR) is 77.6 cm³/mol. The highest BCUT2D eigenvalue weighted by Crippen LogP contribution is 2.58. The van der Waals surface area contributed by atoms with Crippen molar-refractivity contribution in [2.75, 3.05) is 0 Å². The Kier molecular flexibility index (Phi) is 3.51. The SMILES string of the molecule is CC1(C)OC(=O)C(=Cc2ccc(C3(C(F)(F)F)CC3)cc2)C(=O)O1. The number of carbonyl (C=O) groups is 2. The van der Waals surface area contributed by atoms with Crippen molar-refractivity contribution in [1.29, 1.82) is 0 Å². The second-order valence-electron chi connectivity index (χ2n) is 6.44. The summed E-state index contributed by atoms with van der Waals surface area (Å²) in [6.07, 6.45) is -2.89. The molecular formula is C17H15F3O4. The molecule has 1 aromatic carbocycles.